The topological polar surface area (TPSA) is 83.4 Å². The lowest BCUT2D eigenvalue weighted by Gasteiger charge is -2.23. The Bertz CT molecular complexity index is 960. The van der Waals surface area contributed by atoms with Crippen LogP contribution in [0.1, 0.15) is 40.6 Å². The van der Waals surface area contributed by atoms with Crippen LogP contribution in [0.3, 0.4) is 0 Å². The zero-order valence-electron chi connectivity index (χ0n) is 13.3. The summed E-state index contributed by atoms with van der Waals surface area (Å²) in [7, 11) is 0. The van der Waals surface area contributed by atoms with Crippen LogP contribution in [0.2, 0.25) is 0 Å². The second kappa shape index (κ2) is 5.59. The second-order valence-corrected chi connectivity index (χ2v) is 6.03. The molecular formula is C17H17N5O2. The van der Waals surface area contributed by atoms with E-state index >= 15 is 0 Å². The number of H-pyrrole nitrogens is 1. The minimum absolute atomic E-state index is 0.0185. The summed E-state index contributed by atoms with van der Waals surface area (Å²) >= 11 is 0. The molecule has 1 fully saturated rings. The monoisotopic (exact) mass is 323 g/mol. The van der Waals surface area contributed by atoms with Crippen LogP contribution in [0.15, 0.2) is 41.5 Å². The fourth-order valence-corrected chi connectivity index (χ4v) is 3.29. The van der Waals surface area contributed by atoms with E-state index in [4.69, 9.17) is 0 Å². The van der Waals surface area contributed by atoms with Crippen molar-refractivity contribution in [2.45, 2.75) is 25.8 Å². The number of rotatable bonds is 2. The summed E-state index contributed by atoms with van der Waals surface area (Å²) in [5, 5.41) is 3.10. The van der Waals surface area contributed by atoms with E-state index < -0.39 is 0 Å². The summed E-state index contributed by atoms with van der Waals surface area (Å²) in [4.78, 5) is 35.0. The van der Waals surface area contributed by atoms with Crippen molar-refractivity contribution < 1.29 is 4.79 Å². The third-order valence-corrected chi connectivity index (χ3v) is 4.40. The van der Waals surface area contributed by atoms with Crippen LogP contribution in [0.4, 0.5) is 0 Å². The molecule has 0 aliphatic carbocycles. The molecule has 1 aliphatic rings. The SMILES string of the molecule is Cc1cc(=O)n2[nH]c([C@@H]3CCCN3C(=O)c3ccncc3)cc2n1. The third kappa shape index (κ3) is 2.38. The van der Waals surface area contributed by atoms with Crippen LogP contribution in [0.5, 0.6) is 0 Å². The molecule has 3 aromatic heterocycles. The smallest absolute Gasteiger partial charge is 0.272 e. The third-order valence-electron chi connectivity index (χ3n) is 4.40. The fourth-order valence-electron chi connectivity index (χ4n) is 3.29. The minimum Gasteiger partial charge on any atom is -0.330 e. The number of carbonyl (C=O) groups excluding carboxylic acids is 1. The number of nitrogens with zero attached hydrogens (tertiary/aromatic N) is 4. The van der Waals surface area contributed by atoms with Gasteiger partial charge in [-0.1, -0.05) is 0 Å². The van der Waals surface area contributed by atoms with Crippen molar-refractivity contribution in [1.82, 2.24) is 24.5 Å². The molecule has 0 unspecified atom stereocenters. The summed E-state index contributed by atoms with van der Waals surface area (Å²) in [5.41, 5.74) is 2.58. The first kappa shape index (κ1) is 14.6. The van der Waals surface area contributed by atoms with Crippen molar-refractivity contribution in [3.05, 3.63) is 64.0 Å². The number of hydrogen-bond donors (Lipinski definition) is 1. The average Bonchev–Trinajstić information content (AvgIpc) is 3.21. The van der Waals surface area contributed by atoms with Gasteiger partial charge in [-0.2, -0.15) is 0 Å². The normalized spacial score (nSPS) is 17.5. The van der Waals surface area contributed by atoms with Gasteiger partial charge in [0, 0.05) is 42.3 Å². The molecule has 1 saturated heterocycles. The molecule has 4 heterocycles. The van der Waals surface area contributed by atoms with Crippen molar-refractivity contribution in [1.29, 1.82) is 0 Å². The van der Waals surface area contributed by atoms with Gasteiger partial charge in [-0.15, -0.1) is 0 Å². The molecule has 7 heteroatoms. The molecule has 0 aromatic carbocycles. The maximum absolute atomic E-state index is 12.8. The van der Waals surface area contributed by atoms with Gasteiger partial charge in [-0.3, -0.25) is 19.7 Å². The number of amides is 1. The van der Waals surface area contributed by atoms with Gasteiger partial charge < -0.3 is 4.90 Å². The predicted octanol–water partition coefficient (Wildman–Crippen LogP) is 1.70. The number of likely N-dealkylation sites (tertiary alicyclic amines) is 1. The first-order valence-electron chi connectivity index (χ1n) is 7.94. The largest absolute Gasteiger partial charge is 0.330 e. The molecule has 0 bridgehead atoms. The Morgan fingerprint density at radius 2 is 2.08 bits per heavy atom. The molecule has 24 heavy (non-hydrogen) atoms. The number of nitrogens with one attached hydrogen (secondary N) is 1. The van der Waals surface area contributed by atoms with Crippen molar-refractivity contribution in [3.63, 3.8) is 0 Å². The van der Waals surface area contributed by atoms with E-state index in [1.807, 2.05) is 11.0 Å². The van der Waals surface area contributed by atoms with Crippen molar-refractivity contribution >= 4 is 11.6 Å². The Balaban J connectivity index is 1.72. The van der Waals surface area contributed by atoms with Crippen molar-refractivity contribution in [2.24, 2.45) is 0 Å². The predicted molar refractivity (Wildman–Crippen MR) is 87.8 cm³/mol. The van der Waals surface area contributed by atoms with Gasteiger partial charge in [0.05, 0.1) is 11.7 Å². The fraction of sp³-hybridized carbons (Fsp3) is 0.294. The molecule has 1 N–H and O–H groups in total. The molecule has 0 radical (unpaired) electrons. The van der Waals surface area contributed by atoms with Crippen LogP contribution in [0, 0.1) is 6.92 Å². The van der Waals surface area contributed by atoms with E-state index in [9.17, 15) is 9.59 Å². The maximum atomic E-state index is 12.8. The molecule has 4 rings (SSSR count). The van der Waals surface area contributed by atoms with Gasteiger partial charge in [0.25, 0.3) is 11.5 Å². The number of fused-ring (bicyclic) bond motifs is 1. The molecule has 1 amide bonds. The summed E-state index contributed by atoms with van der Waals surface area (Å²) in [6.07, 6.45) is 5.02. The van der Waals surface area contributed by atoms with E-state index in [-0.39, 0.29) is 17.5 Å². The maximum Gasteiger partial charge on any atom is 0.272 e. The van der Waals surface area contributed by atoms with E-state index in [0.29, 0.717) is 23.4 Å². The number of aromatic amines is 1. The highest BCUT2D eigenvalue weighted by Gasteiger charge is 2.32. The van der Waals surface area contributed by atoms with Gasteiger partial charge >= 0.3 is 0 Å². The Hall–Kier alpha value is -2.96. The number of pyridine rings is 1. The average molecular weight is 323 g/mol. The lowest BCUT2D eigenvalue weighted by Crippen LogP contribution is -2.30. The summed E-state index contributed by atoms with van der Waals surface area (Å²) in [5.74, 6) is -0.0185. The van der Waals surface area contributed by atoms with Crippen LogP contribution < -0.4 is 5.56 Å². The van der Waals surface area contributed by atoms with E-state index in [0.717, 1.165) is 18.5 Å². The van der Waals surface area contributed by atoms with Crippen LogP contribution in [-0.2, 0) is 0 Å². The molecule has 122 valence electrons. The molecule has 1 atom stereocenters. The lowest BCUT2D eigenvalue weighted by molar-refractivity contribution is 0.0732. The first-order chi connectivity index (χ1) is 11.6. The Labute approximate surface area is 138 Å². The van der Waals surface area contributed by atoms with Crippen LogP contribution in [0.25, 0.3) is 5.65 Å². The Kier molecular flexibility index (Phi) is 3.41. The highest BCUT2D eigenvalue weighted by atomic mass is 16.2. The van der Waals surface area contributed by atoms with Crippen molar-refractivity contribution in [3.8, 4) is 0 Å². The zero-order chi connectivity index (χ0) is 16.7. The number of carbonyl (C=O) groups is 1. The van der Waals surface area contributed by atoms with Crippen LogP contribution in [-0.4, -0.2) is 36.9 Å². The summed E-state index contributed by atoms with van der Waals surface area (Å²) < 4.78 is 1.43. The van der Waals surface area contributed by atoms with Crippen molar-refractivity contribution in [2.75, 3.05) is 6.54 Å². The molecule has 3 aromatic rings. The molecule has 0 spiro atoms. The number of aromatic nitrogens is 4. The highest BCUT2D eigenvalue weighted by molar-refractivity contribution is 5.94. The molecule has 1 aliphatic heterocycles. The van der Waals surface area contributed by atoms with Gasteiger partial charge in [-0.25, -0.2) is 9.50 Å². The standard InChI is InChI=1S/C17H17N5O2/c1-11-9-16(23)22-15(19-11)10-13(20-22)14-3-2-8-21(14)17(24)12-4-6-18-7-5-12/h4-7,9-10,14,20H,2-3,8H2,1H3/t14-/m0/s1. The summed E-state index contributed by atoms with van der Waals surface area (Å²) in [6, 6.07) is 6.71. The first-order valence-corrected chi connectivity index (χ1v) is 7.94. The molecule has 0 saturated carbocycles. The lowest BCUT2D eigenvalue weighted by atomic mass is 10.1. The Morgan fingerprint density at radius 3 is 2.88 bits per heavy atom. The zero-order valence-corrected chi connectivity index (χ0v) is 13.3. The molecule has 7 nitrogen and oxygen atoms in total. The van der Waals surface area contributed by atoms with Gasteiger partial charge in [0.2, 0.25) is 0 Å². The van der Waals surface area contributed by atoms with Crippen LogP contribution >= 0.6 is 0 Å². The highest BCUT2D eigenvalue weighted by Crippen LogP contribution is 2.32. The molecular weight excluding hydrogens is 306 g/mol. The number of aryl methyl sites for hydroxylation is 1. The van der Waals surface area contributed by atoms with E-state index in [2.05, 4.69) is 15.1 Å². The Morgan fingerprint density at radius 1 is 1.29 bits per heavy atom. The van der Waals surface area contributed by atoms with Gasteiger partial charge in [-0.05, 0) is 31.9 Å². The van der Waals surface area contributed by atoms with Gasteiger partial charge in [0.1, 0.15) is 0 Å². The van der Waals surface area contributed by atoms with E-state index in [1.165, 1.54) is 10.6 Å². The summed E-state index contributed by atoms with van der Waals surface area (Å²) in [6.45, 7) is 2.49. The number of hydrogen-bond acceptors (Lipinski definition) is 4. The second-order valence-electron chi connectivity index (χ2n) is 6.03. The minimum atomic E-state index is -0.145. The van der Waals surface area contributed by atoms with E-state index in [1.54, 1.807) is 31.5 Å². The van der Waals surface area contributed by atoms with Gasteiger partial charge in [0.15, 0.2) is 5.65 Å². The quantitative estimate of drug-likeness (QED) is 0.778.